The van der Waals surface area contributed by atoms with Gasteiger partial charge in [0, 0.05) is 11.1 Å². The monoisotopic (exact) mass is 276 g/mol. The van der Waals surface area contributed by atoms with E-state index in [4.69, 9.17) is 0 Å². The van der Waals surface area contributed by atoms with Crippen LogP contribution in [-0.2, 0) is 9.59 Å². The maximum absolute atomic E-state index is 11.4. The van der Waals surface area contributed by atoms with Crippen LogP contribution in [0.5, 0.6) is 0 Å². The fourth-order valence-electron chi connectivity index (χ4n) is 1.43. The summed E-state index contributed by atoms with van der Waals surface area (Å²) in [6, 6.07) is 5.68. The van der Waals surface area contributed by atoms with Crippen molar-refractivity contribution in [1.82, 2.24) is 15.3 Å². The molecule has 0 saturated carbocycles. The molecule has 2 aromatic heterocycles. The summed E-state index contributed by atoms with van der Waals surface area (Å²) in [4.78, 5) is 30.1. The predicted octanol–water partition coefficient (Wildman–Crippen LogP) is 1.20. The van der Waals surface area contributed by atoms with Crippen LogP contribution in [0.3, 0.4) is 0 Å². The van der Waals surface area contributed by atoms with Crippen molar-refractivity contribution in [2.24, 2.45) is 0 Å². The Bertz CT molecular complexity index is 597. The zero-order chi connectivity index (χ0) is 13.7. The fraction of sp³-hybridized carbons (Fsp3) is 0.167. The summed E-state index contributed by atoms with van der Waals surface area (Å²) < 4.78 is 0. The molecule has 0 aliphatic heterocycles. The molecule has 2 heterocycles. The van der Waals surface area contributed by atoms with Crippen LogP contribution in [0.25, 0.3) is 11.4 Å². The molecule has 0 aliphatic carbocycles. The first-order valence-electron chi connectivity index (χ1n) is 5.55. The molecule has 0 radical (unpaired) electrons. The summed E-state index contributed by atoms with van der Waals surface area (Å²) in [5.41, 5.74) is 2.39. The third-order valence-corrected chi connectivity index (χ3v) is 3.00. The number of aryl methyl sites for hydroxylation is 1. The SMILES string of the molecule is Cc1cccc(-c2csc(NC(=O)CNC=O)n2)n1. The molecule has 19 heavy (non-hydrogen) atoms. The number of nitrogens with zero attached hydrogens (tertiary/aromatic N) is 2. The lowest BCUT2D eigenvalue weighted by Gasteiger charge is -2.00. The second-order valence-corrected chi connectivity index (χ2v) is 4.61. The molecule has 2 N–H and O–H groups in total. The number of thiazole rings is 1. The minimum atomic E-state index is -0.315. The summed E-state index contributed by atoms with van der Waals surface area (Å²) in [5, 5.41) is 7.19. The molecule has 0 unspecified atom stereocenters. The molecule has 98 valence electrons. The number of hydrogen-bond acceptors (Lipinski definition) is 5. The summed E-state index contributed by atoms with van der Waals surface area (Å²) in [6.07, 6.45) is 0.476. The molecule has 0 aromatic carbocycles. The van der Waals surface area contributed by atoms with Gasteiger partial charge in [-0.25, -0.2) is 4.98 Å². The van der Waals surface area contributed by atoms with Crippen molar-refractivity contribution in [3.63, 3.8) is 0 Å². The van der Waals surface area contributed by atoms with Gasteiger partial charge in [0.15, 0.2) is 5.13 Å². The molecule has 0 fully saturated rings. The molecule has 2 aromatic rings. The zero-order valence-electron chi connectivity index (χ0n) is 10.2. The minimum absolute atomic E-state index is 0.0683. The van der Waals surface area contributed by atoms with Gasteiger partial charge in [0.2, 0.25) is 12.3 Å². The average molecular weight is 276 g/mol. The van der Waals surface area contributed by atoms with Crippen molar-refractivity contribution in [1.29, 1.82) is 0 Å². The van der Waals surface area contributed by atoms with Crippen LogP contribution >= 0.6 is 11.3 Å². The van der Waals surface area contributed by atoms with E-state index in [9.17, 15) is 9.59 Å². The van der Waals surface area contributed by atoms with E-state index >= 15 is 0 Å². The van der Waals surface area contributed by atoms with Crippen molar-refractivity contribution in [3.8, 4) is 11.4 Å². The normalized spacial score (nSPS) is 9.95. The van der Waals surface area contributed by atoms with Crippen LogP contribution in [0, 0.1) is 6.92 Å². The highest BCUT2D eigenvalue weighted by atomic mass is 32.1. The van der Waals surface area contributed by atoms with E-state index in [0.29, 0.717) is 17.2 Å². The molecule has 7 heteroatoms. The van der Waals surface area contributed by atoms with Gasteiger partial charge in [0.25, 0.3) is 0 Å². The van der Waals surface area contributed by atoms with E-state index in [2.05, 4.69) is 20.6 Å². The van der Waals surface area contributed by atoms with Gasteiger partial charge < -0.3 is 10.6 Å². The highest BCUT2D eigenvalue weighted by Crippen LogP contribution is 2.23. The number of amides is 2. The van der Waals surface area contributed by atoms with Crippen LogP contribution in [0.4, 0.5) is 5.13 Å². The average Bonchev–Trinajstić information content (AvgIpc) is 2.85. The Morgan fingerprint density at radius 1 is 1.37 bits per heavy atom. The lowest BCUT2D eigenvalue weighted by Crippen LogP contribution is -2.26. The Morgan fingerprint density at radius 3 is 2.95 bits per heavy atom. The fourth-order valence-corrected chi connectivity index (χ4v) is 2.15. The Kier molecular flexibility index (Phi) is 4.19. The number of carbonyl (C=O) groups excluding carboxylic acids is 2. The van der Waals surface area contributed by atoms with Crippen LogP contribution in [0.15, 0.2) is 23.6 Å². The third kappa shape index (κ3) is 3.59. The van der Waals surface area contributed by atoms with Gasteiger partial charge in [-0.3, -0.25) is 14.6 Å². The van der Waals surface area contributed by atoms with Gasteiger partial charge in [0.1, 0.15) is 5.69 Å². The molecular formula is C12H12N4O2S. The van der Waals surface area contributed by atoms with E-state index in [-0.39, 0.29) is 12.5 Å². The highest BCUT2D eigenvalue weighted by Gasteiger charge is 2.08. The number of hydrogen-bond donors (Lipinski definition) is 2. The summed E-state index contributed by atoms with van der Waals surface area (Å²) in [7, 11) is 0. The second-order valence-electron chi connectivity index (χ2n) is 3.75. The maximum Gasteiger partial charge on any atom is 0.245 e. The van der Waals surface area contributed by atoms with E-state index < -0.39 is 0 Å². The van der Waals surface area contributed by atoms with Crippen molar-refractivity contribution < 1.29 is 9.59 Å². The molecule has 2 amide bonds. The number of nitrogens with one attached hydrogen (secondary N) is 2. The van der Waals surface area contributed by atoms with Gasteiger partial charge >= 0.3 is 0 Å². The standard InChI is InChI=1S/C12H12N4O2S/c1-8-3-2-4-9(14-8)10-6-19-12(15-10)16-11(18)5-13-7-17/h2-4,6-7H,5H2,1H3,(H,13,17)(H,15,16,18). The van der Waals surface area contributed by atoms with E-state index in [0.717, 1.165) is 11.4 Å². The van der Waals surface area contributed by atoms with Crippen molar-refractivity contribution in [3.05, 3.63) is 29.3 Å². The number of aromatic nitrogens is 2. The molecule has 2 rings (SSSR count). The molecule has 6 nitrogen and oxygen atoms in total. The number of rotatable bonds is 5. The molecular weight excluding hydrogens is 264 g/mol. The lowest BCUT2D eigenvalue weighted by molar-refractivity contribution is -0.118. The zero-order valence-corrected chi connectivity index (χ0v) is 11.0. The lowest BCUT2D eigenvalue weighted by atomic mass is 10.3. The predicted molar refractivity (Wildman–Crippen MR) is 72.8 cm³/mol. The molecule has 0 aliphatic rings. The molecule has 0 spiro atoms. The van der Waals surface area contributed by atoms with Crippen molar-refractivity contribution in [2.75, 3.05) is 11.9 Å². The van der Waals surface area contributed by atoms with Gasteiger partial charge in [-0.1, -0.05) is 6.07 Å². The largest absolute Gasteiger partial charge is 0.350 e. The van der Waals surface area contributed by atoms with Crippen LogP contribution in [-0.4, -0.2) is 28.8 Å². The van der Waals surface area contributed by atoms with Gasteiger partial charge in [-0.2, -0.15) is 0 Å². The van der Waals surface area contributed by atoms with Crippen LogP contribution in [0.2, 0.25) is 0 Å². The van der Waals surface area contributed by atoms with E-state index in [1.54, 1.807) is 0 Å². The molecule has 0 bridgehead atoms. The Hall–Kier alpha value is -2.28. The van der Waals surface area contributed by atoms with Crippen molar-refractivity contribution >= 4 is 28.8 Å². The van der Waals surface area contributed by atoms with Crippen LogP contribution < -0.4 is 10.6 Å². The first-order chi connectivity index (χ1) is 9.19. The number of carbonyl (C=O) groups is 2. The number of anilines is 1. The number of pyridine rings is 1. The van der Waals surface area contributed by atoms with Crippen molar-refractivity contribution in [2.45, 2.75) is 6.92 Å². The summed E-state index contributed by atoms with van der Waals surface area (Å²) in [6.45, 7) is 1.84. The topological polar surface area (TPSA) is 84.0 Å². The van der Waals surface area contributed by atoms with Gasteiger partial charge in [0.05, 0.1) is 12.2 Å². The Balaban J connectivity index is 2.07. The van der Waals surface area contributed by atoms with Gasteiger partial charge in [-0.05, 0) is 19.1 Å². The Morgan fingerprint density at radius 2 is 2.21 bits per heavy atom. The smallest absolute Gasteiger partial charge is 0.245 e. The minimum Gasteiger partial charge on any atom is -0.350 e. The van der Waals surface area contributed by atoms with E-state index in [1.165, 1.54) is 11.3 Å². The summed E-state index contributed by atoms with van der Waals surface area (Å²) in [5.74, 6) is -0.315. The van der Waals surface area contributed by atoms with Crippen LogP contribution in [0.1, 0.15) is 5.69 Å². The first kappa shape index (κ1) is 13.2. The Labute approximate surface area is 113 Å². The molecule has 0 atom stereocenters. The molecule has 0 saturated heterocycles. The quantitative estimate of drug-likeness (QED) is 0.804. The third-order valence-electron chi connectivity index (χ3n) is 2.25. The maximum atomic E-state index is 11.4. The van der Waals surface area contributed by atoms with Gasteiger partial charge in [-0.15, -0.1) is 11.3 Å². The second kappa shape index (κ2) is 6.05. The first-order valence-corrected chi connectivity index (χ1v) is 6.43. The summed E-state index contributed by atoms with van der Waals surface area (Å²) >= 11 is 1.31. The van der Waals surface area contributed by atoms with E-state index in [1.807, 2.05) is 30.5 Å². The highest BCUT2D eigenvalue weighted by molar-refractivity contribution is 7.14.